The van der Waals surface area contributed by atoms with Gasteiger partial charge in [-0.05, 0) is 56.1 Å². The second-order valence-electron chi connectivity index (χ2n) is 6.45. The molecule has 144 valence electrons. The maximum Gasteiger partial charge on any atom is 0.323 e. The first-order chi connectivity index (χ1) is 12.6. The minimum absolute atomic E-state index is 0. The molecular weight excluding hydrogens is 364 g/mol. The van der Waals surface area contributed by atoms with Crippen molar-refractivity contribution in [2.24, 2.45) is 0 Å². The molecule has 6 nitrogen and oxygen atoms in total. The molecule has 0 spiro atoms. The topological polar surface area (TPSA) is 82.3 Å². The zero-order chi connectivity index (χ0) is 18.4. The van der Waals surface area contributed by atoms with Gasteiger partial charge in [-0.25, -0.2) is 4.79 Å². The third-order valence-electron chi connectivity index (χ3n) is 4.44. The second kappa shape index (κ2) is 9.94. The molecule has 1 saturated heterocycles. The molecule has 0 saturated carbocycles. The second-order valence-corrected chi connectivity index (χ2v) is 6.45. The lowest BCUT2D eigenvalue weighted by Crippen LogP contribution is -2.41. The van der Waals surface area contributed by atoms with Gasteiger partial charge in [0.1, 0.15) is 0 Å². The number of nitrogens with one attached hydrogen (secondary N) is 4. The molecule has 2 atom stereocenters. The summed E-state index contributed by atoms with van der Waals surface area (Å²) in [7, 11) is 0. The van der Waals surface area contributed by atoms with E-state index in [-0.39, 0.29) is 36.4 Å². The summed E-state index contributed by atoms with van der Waals surface area (Å²) in [5.41, 5.74) is 2.42. The molecule has 3 rings (SSSR count). The van der Waals surface area contributed by atoms with Gasteiger partial charge in [0.05, 0.1) is 12.1 Å². The lowest BCUT2D eigenvalue weighted by molar-refractivity contribution is -0.123. The summed E-state index contributed by atoms with van der Waals surface area (Å²) in [4.78, 5) is 24.2. The van der Waals surface area contributed by atoms with Gasteiger partial charge in [-0.1, -0.05) is 30.3 Å². The molecule has 1 aliphatic rings. The molecule has 1 aliphatic heterocycles. The Labute approximate surface area is 165 Å². The quantitative estimate of drug-likeness (QED) is 0.630. The molecule has 2 aromatic carbocycles. The predicted molar refractivity (Wildman–Crippen MR) is 110 cm³/mol. The average molecular weight is 389 g/mol. The molecule has 2 unspecified atom stereocenters. The van der Waals surface area contributed by atoms with E-state index in [1.54, 1.807) is 0 Å². The molecule has 3 amide bonds. The van der Waals surface area contributed by atoms with E-state index < -0.39 is 0 Å². The average Bonchev–Trinajstić information content (AvgIpc) is 3.18. The number of urea groups is 1. The molecule has 4 N–H and O–H groups in total. The lowest BCUT2D eigenvalue weighted by atomic mass is 10.1. The highest BCUT2D eigenvalue weighted by Gasteiger charge is 2.23. The van der Waals surface area contributed by atoms with Gasteiger partial charge < -0.3 is 21.3 Å². The van der Waals surface area contributed by atoms with Crippen molar-refractivity contribution in [2.75, 3.05) is 17.2 Å². The summed E-state index contributed by atoms with van der Waals surface area (Å²) >= 11 is 0. The zero-order valence-electron chi connectivity index (χ0n) is 15.2. The van der Waals surface area contributed by atoms with E-state index in [2.05, 4.69) is 21.3 Å². The van der Waals surface area contributed by atoms with E-state index >= 15 is 0 Å². The van der Waals surface area contributed by atoms with Crippen molar-refractivity contribution in [1.29, 1.82) is 0 Å². The number of rotatable bonds is 5. The van der Waals surface area contributed by atoms with Crippen LogP contribution < -0.4 is 21.3 Å². The molecule has 7 heteroatoms. The van der Waals surface area contributed by atoms with Crippen LogP contribution in [0.15, 0.2) is 54.6 Å². The van der Waals surface area contributed by atoms with E-state index in [9.17, 15) is 9.59 Å². The first kappa shape index (κ1) is 20.7. The fourth-order valence-electron chi connectivity index (χ4n) is 2.98. The molecule has 0 bridgehead atoms. The fraction of sp³-hybridized carbons (Fsp3) is 0.300. The van der Waals surface area contributed by atoms with Crippen LogP contribution in [0.4, 0.5) is 16.2 Å². The first-order valence-electron chi connectivity index (χ1n) is 8.88. The Hall–Kier alpha value is -2.57. The van der Waals surface area contributed by atoms with E-state index in [0.29, 0.717) is 5.69 Å². The predicted octanol–water partition coefficient (Wildman–Crippen LogP) is 3.68. The molecular formula is C20H25ClN4O2. The Morgan fingerprint density at radius 1 is 1.00 bits per heavy atom. The molecule has 1 heterocycles. The van der Waals surface area contributed by atoms with Crippen LogP contribution in [-0.4, -0.2) is 24.5 Å². The van der Waals surface area contributed by atoms with E-state index in [4.69, 9.17) is 0 Å². The van der Waals surface area contributed by atoms with Gasteiger partial charge >= 0.3 is 6.03 Å². The Morgan fingerprint density at radius 2 is 1.63 bits per heavy atom. The molecule has 27 heavy (non-hydrogen) atoms. The standard InChI is InChI=1S/C20H24N4O2.ClH/c1-14(22-19(25)18-8-5-13-21-18)15-9-11-17(12-10-15)24-20(26)23-16-6-3-2-4-7-16;/h2-4,6-7,9-12,14,18,21H,5,8,13H2,1H3,(H,22,25)(H2,23,24,26);1H. The summed E-state index contributed by atoms with van der Waals surface area (Å²) in [6.07, 6.45) is 1.93. The highest BCUT2D eigenvalue weighted by Crippen LogP contribution is 2.17. The van der Waals surface area contributed by atoms with Gasteiger partial charge in [-0.3, -0.25) is 4.79 Å². The van der Waals surface area contributed by atoms with Crippen molar-refractivity contribution in [2.45, 2.75) is 31.8 Å². The lowest BCUT2D eigenvalue weighted by Gasteiger charge is -2.18. The van der Waals surface area contributed by atoms with Crippen LogP contribution in [0, 0.1) is 0 Å². The van der Waals surface area contributed by atoms with Crippen molar-refractivity contribution >= 4 is 35.7 Å². The van der Waals surface area contributed by atoms with Crippen LogP contribution in [0.2, 0.25) is 0 Å². The zero-order valence-corrected chi connectivity index (χ0v) is 16.0. The van der Waals surface area contributed by atoms with Gasteiger partial charge in [0, 0.05) is 11.4 Å². The van der Waals surface area contributed by atoms with Gasteiger partial charge in [0.2, 0.25) is 5.91 Å². The van der Waals surface area contributed by atoms with Crippen molar-refractivity contribution in [3.05, 3.63) is 60.2 Å². The number of hydrogen-bond donors (Lipinski definition) is 4. The van der Waals surface area contributed by atoms with Crippen LogP contribution in [0.25, 0.3) is 0 Å². The van der Waals surface area contributed by atoms with Crippen LogP contribution in [0.3, 0.4) is 0 Å². The van der Waals surface area contributed by atoms with Crippen molar-refractivity contribution in [3.63, 3.8) is 0 Å². The Morgan fingerprint density at radius 3 is 2.22 bits per heavy atom. The largest absolute Gasteiger partial charge is 0.348 e. The minimum atomic E-state index is -0.294. The Bertz CT molecular complexity index is 746. The summed E-state index contributed by atoms with van der Waals surface area (Å²) in [5, 5.41) is 11.8. The maximum atomic E-state index is 12.2. The van der Waals surface area contributed by atoms with Crippen LogP contribution in [0.1, 0.15) is 31.4 Å². The third-order valence-corrected chi connectivity index (χ3v) is 4.44. The van der Waals surface area contributed by atoms with Gasteiger partial charge in [-0.2, -0.15) is 0 Å². The van der Waals surface area contributed by atoms with Crippen LogP contribution >= 0.6 is 12.4 Å². The maximum absolute atomic E-state index is 12.2. The number of amides is 3. The number of para-hydroxylation sites is 1. The number of carbonyl (C=O) groups excluding carboxylic acids is 2. The number of benzene rings is 2. The van der Waals surface area contributed by atoms with E-state index in [1.807, 2.05) is 61.5 Å². The van der Waals surface area contributed by atoms with Gasteiger partial charge in [0.25, 0.3) is 0 Å². The normalized spacial score (nSPS) is 16.7. The van der Waals surface area contributed by atoms with E-state index in [1.165, 1.54) is 0 Å². The summed E-state index contributed by atoms with van der Waals surface area (Å²) in [6.45, 7) is 2.86. The number of carbonyl (C=O) groups is 2. The smallest absolute Gasteiger partial charge is 0.323 e. The first-order valence-corrected chi connectivity index (χ1v) is 8.88. The SMILES string of the molecule is CC(NC(=O)C1CCCN1)c1ccc(NC(=O)Nc2ccccc2)cc1.Cl. The van der Waals surface area contributed by atoms with Crippen LogP contribution in [0.5, 0.6) is 0 Å². The Kier molecular flexibility index (Phi) is 7.64. The van der Waals surface area contributed by atoms with Crippen molar-refractivity contribution < 1.29 is 9.59 Å². The van der Waals surface area contributed by atoms with Gasteiger partial charge in [-0.15, -0.1) is 12.4 Å². The van der Waals surface area contributed by atoms with Gasteiger partial charge in [0.15, 0.2) is 0 Å². The third kappa shape index (κ3) is 5.98. The molecule has 1 fully saturated rings. The summed E-state index contributed by atoms with van der Waals surface area (Å²) < 4.78 is 0. The molecule has 0 radical (unpaired) electrons. The number of anilines is 2. The number of halogens is 1. The monoisotopic (exact) mass is 388 g/mol. The molecule has 2 aromatic rings. The molecule has 0 aromatic heterocycles. The summed E-state index contributed by atoms with van der Waals surface area (Å²) in [6, 6.07) is 16.3. The fourth-order valence-corrected chi connectivity index (χ4v) is 2.98. The van der Waals surface area contributed by atoms with Crippen molar-refractivity contribution in [3.8, 4) is 0 Å². The van der Waals surface area contributed by atoms with E-state index in [0.717, 1.165) is 30.6 Å². The van der Waals surface area contributed by atoms with Crippen LogP contribution in [-0.2, 0) is 4.79 Å². The highest BCUT2D eigenvalue weighted by molar-refractivity contribution is 5.99. The Balaban J connectivity index is 0.00000261. The number of hydrogen-bond acceptors (Lipinski definition) is 3. The highest BCUT2D eigenvalue weighted by atomic mass is 35.5. The molecule has 0 aliphatic carbocycles. The van der Waals surface area contributed by atoms with Crippen molar-refractivity contribution in [1.82, 2.24) is 10.6 Å². The minimum Gasteiger partial charge on any atom is -0.348 e. The summed E-state index contributed by atoms with van der Waals surface area (Å²) in [5.74, 6) is 0.0411.